The fourth-order valence-corrected chi connectivity index (χ4v) is 2.28. The summed E-state index contributed by atoms with van der Waals surface area (Å²) in [5, 5.41) is 5.11. The third-order valence-electron chi connectivity index (χ3n) is 2.61. The number of carbonyl (C=O) groups excluding carboxylic acids is 1. The predicted octanol–water partition coefficient (Wildman–Crippen LogP) is 2.38. The first-order valence-corrected chi connectivity index (χ1v) is 5.84. The van der Waals surface area contributed by atoms with Gasteiger partial charge in [0.15, 0.2) is 11.4 Å². The molecule has 0 saturated carbocycles. The van der Waals surface area contributed by atoms with Gasteiger partial charge in [0.1, 0.15) is 6.17 Å². The molecular formula is C9H8BrF4N3O. The molecule has 4 nitrogen and oxygen atoms in total. The molecule has 0 bridgehead atoms. The molecule has 0 aromatic carbocycles. The molecule has 1 aliphatic rings. The molecule has 1 amide bonds. The number of likely N-dealkylation sites (tertiary alicyclic amines) is 1. The Morgan fingerprint density at radius 3 is 2.61 bits per heavy atom. The summed E-state index contributed by atoms with van der Waals surface area (Å²) in [4.78, 5) is 13.0. The SMILES string of the molecule is O=C(c1n[nH]c(C(F)(F)F)c1Br)N1CC[C@@H](F)C1. The van der Waals surface area contributed by atoms with Gasteiger partial charge in [-0.25, -0.2) is 4.39 Å². The van der Waals surface area contributed by atoms with Crippen LogP contribution in [0.15, 0.2) is 4.47 Å². The largest absolute Gasteiger partial charge is 0.433 e. The van der Waals surface area contributed by atoms with Crippen molar-refractivity contribution in [2.75, 3.05) is 13.1 Å². The molecule has 1 aromatic rings. The van der Waals surface area contributed by atoms with E-state index < -0.39 is 28.4 Å². The van der Waals surface area contributed by atoms with Crippen LogP contribution in [0.5, 0.6) is 0 Å². The number of aromatic nitrogens is 2. The molecule has 0 aliphatic carbocycles. The lowest BCUT2D eigenvalue weighted by Crippen LogP contribution is -2.29. The van der Waals surface area contributed by atoms with E-state index in [1.165, 1.54) is 0 Å². The number of halogens is 5. The van der Waals surface area contributed by atoms with Crippen LogP contribution in [0, 0.1) is 0 Å². The normalized spacial score (nSPS) is 20.5. The molecule has 18 heavy (non-hydrogen) atoms. The van der Waals surface area contributed by atoms with Crippen molar-refractivity contribution < 1.29 is 22.4 Å². The van der Waals surface area contributed by atoms with Crippen molar-refractivity contribution in [1.29, 1.82) is 0 Å². The Hall–Kier alpha value is -1.12. The molecule has 2 rings (SSSR count). The minimum Gasteiger partial charge on any atom is -0.334 e. The molecule has 0 unspecified atom stereocenters. The lowest BCUT2D eigenvalue weighted by Gasteiger charge is -2.13. The molecule has 1 fully saturated rings. The van der Waals surface area contributed by atoms with Crippen molar-refractivity contribution in [3.63, 3.8) is 0 Å². The highest BCUT2D eigenvalue weighted by Gasteiger charge is 2.39. The Balaban J connectivity index is 2.24. The highest BCUT2D eigenvalue weighted by atomic mass is 79.9. The number of carbonyl (C=O) groups is 1. The molecule has 0 radical (unpaired) electrons. The second-order valence-corrected chi connectivity index (χ2v) is 4.69. The van der Waals surface area contributed by atoms with Crippen molar-refractivity contribution >= 4 is 21.8 Å². The Labute approximate surface area is 107 Å². The van der Waals surface area contributed by atoms with Gasteiger partial charge in [0.25, 0.3) is 5.91 Å². The number of nitrogens with zero attached hydrogens (tertiary/aromatic N) is 2. The van der Waals surface area contributed by atoms with Crippen molar-refractivity contribution in [3.8, 4) is 0 Å². The molecule has 2 heterocycles. The molecule has 1 saturated heterocycles. The molecule has 9 heteroatoms. The summed E-state index contributed by atoms with van der Waals surface area (Å²) >= 11 is 2.69. The average molecular weight is 330 g/mol. The van der Waals surface area contributed by atoms with Crippen LogP contribution in [0.4, 0.5) is 17.6 Å². The first-order chi connectivity index (χ1) is 8.30. The fraction of sp³-hybridized carbons (Fsp3) is 0.556. The third kappa shape index (κ3) is 2.36. The molecule has 1 aromatic heterocycles. The van der Waals surface area contributed by atoms with Crippen molar-refractivity contribution in [2.45, 2.75) is 18.8 Å². The minimum absolute atomic E-state index is 0.112. The van der Waals surface area contributed by atoms with Crippen molar-refractivity contribution in [1.82, 2.24) is 15.1 Å². The van der Waals surface area contributed by atoms with Crippen LogP contribution >= 0.6 is 15.9 Å². The number of hydrogen-bond donors (Lipinski definition) is 1. The lowest BCUT2D eigenvalue weighted by atomic mass is 10.3. The molecule has 1 aliphatic heterocycles. The van der Waals surface area contributed by atoms with Gasteiger partial charge < -0.3 is 4.90 Å². The van der Waals surface area contributed by atoms with E-state index in [0.29, 0.717) is 0 Å². The Morgan fingerprint density at radius 2 is 2.17 bits per heavy atom. The first kappa shape index (κ1) is 13.3. The van der Waals surface area contributed by atoms with Gasteiger partial charge in [0.05, 0.1) is 11.0 Å². The summed E-state index contributed by atoms with van der Waals surface area (Å²) in [7, 11) is 0. The van der Waals surface area contributed by atoms with Gasteiger partial charge in [-0.05, 0) is 22.4 Å². The van der Waals surface area contributed by atoms with Gasteiger partial charge in [-0.15, -0.1) is 0 Å². The molecule has 0 spiro atoms. The number of alkyl halides is 4. The van der Waals surface area contributed by atoms with Crippen LogP contribution < -0.4 is 0 Å². The maximum absolute atomic E-state index is 12.9. The number of rotatable bonds is 1. The zero-order valence-corrected chi connectivity index (χ0v) is 10.5. The second kappa shape index (κ2) is 4.52. The van der Waals surface area contributed by atoms with Gasteiger partial charge >= 0.3 is 6.18 Å². The maximum atomic E-state index is 12.9. The highest BCUT2D eigenvalue weighted by molar-refractivity contribution is 9.10. The van der Waals surface area contributed by atoms with Crippen LogP contribution in [0.2, 0.25) is 0 Å². The smallest absolute Gasteiger partial charge is 0.334 e. The summed E-state index contributed by atoms with van der Waals surface area (Å²) in [5.41, 5.74) is -1.50. The van der Waals surface area contributed by atoms with Crippen LogP contribution in [0.25, 0.3) is 0 Å². The standard InChI is InChI=1S/C9H8BrF4N3O/c10-5-6(15-16-7(5)9(12,13)14)8(18)17-2-1-4(11)3-17/h4H,1-3H2,(H,15,16)/t4-/m1/s1. The van der Waals surface area contributed by atoms with E-state index in [9.17, 15) is 22.4 Å². The molecule has 100 valence electrons. The van der Waals surface area contributed by atoms with Gasteiger partial charge in [-0.3, -0.25) is 9.89 Å². The van der Waals surface area contributed by atoms with Gasteiger partial charge in [0, 0.05) is 6.54 Å². The minimum atomic E-state index is -4.63. The first-order valence-electron chi connectivity index (χ1n) is 5.05. The van der Waals surface area contributed by atoms with E-state index in [4.69, 9.17) is 0 Å². The Morgan fingerprint density at radius 1 is 1.50 bits per heavy atom. The summed E-state index contributed by atoms with van der Waals surface area (Å²) in [6, 6.07) is 0. The average Bonchev–Trinajstić information content (AvgIpc) is 2.82. The summed E-state index contributed by atoms with van der Waals surface area (Å²) in [6.07, 6.45) is -5.56. The van der Waals surface area contributed by atoms with Gasteiger partial charge in [0.2, 0.25) is 0 Å². The summed E-state index contributed by atoms with van der Waals surface area (Å²) in [5.74, 6) is -0.714. The number of aromatic amines is 1. The monoisotopic (exact) mass is 329 g/mol. The maximum Gasteiger partial charge on any atom is 0.433 e. The zero-order chi connectivity index (χ0) is 13.5. The van der Waals surface area contributed by atoms with Crippen LogP contribution in [0.1, 0.15) is 22.6 Å². The van der Waals surface area contributed by atoms with Crippen LogP contribution in [-0.2, 0) is 6.18 Å². The van der Waals surface area contributed by atoms with Crippen LogP contribution in [-0.4, -0.2) is 40.3 Å². The summed E-state index contributed by atoms with van der Waals surface area (Å²) in [6.45, 7) is 0.0696. The molecule has 1 atom stereocenters. The zero-order valence-electron chi connectivity index (χ0n) is 8.89. The summed E-state index contributed by atoms with van der Waals surface area (Å²) < 4.78 is 49.9. The van der Waals surface area contributed by atoms with Gasteiger partial charge in [-0.2, -0.15) is 18.3 Å². The highest BCUT2D eigenvalue weighted by Crippen LogP contribution is 2.35. The van der Waals surface area contributed by atoms with Gasteiger partial charge in [-0.1, -0.05) is 0 Å². The van der Waals surface area contributed by atoms with E-state index in [0.717, 1.165) is 4.90 Å². The Kier molecular flexibility index (Phi) is 3.35. The fourth-order valence-electron chi connectivity index (χ4n) is 1.71. The van der Waals surface area contributed by atoms with E-state index in [2.05, 4.69) is 21.0 Å². The van der Waals surface area contributed by atoms with Crippen LogP contribution in [0.3, 0.4) is 0 Å². The number of amides is 1. The number of H-pyrrole nitrogens is 1. The number of nitrogens with one attached hydrogen (secondary N) is 1. The second-order valence-electron chi connectivity index (χ2n) is 3.90. The third-order valence-corrected chi connectivity index (χ3v) is 3.38. The molecular weight excluding hydrogens is 322 g/mol. The Bertz CT molecular complexity index is 473. The topological polar surface area (TPSA) is 49.0 Å². The van der Waals surface area contributed by atoms with Crippen molar-refractivity contribution in [3.05, 3.63) is 15.9 Å². The van der Waals surface area contributed by atoms with E-state index >= 15 is 0 Å². The van der Waals surface area contributed by atoms with E-state index in [-0.39, 0.29) is 25.2 Å². The molecule has 1 N–H and O–H groups in total. The predicted molar refractivity (Wildman–Crippen MR) is 56.7 cm³/mol. The van der Waals surface area contributed by atoms with E-state index in [1.54, 1.807) is 5.10 Å². The number of hydrogen-bond acceptors (Lipinski definition) is 2. The lowest BCUT2D eigenvalue weighted by molar-refractivity contribution is -0.141. The van der Waals surface area contributed by atoms with E-state index in [1.807, 2.05) is 0 Å². The van der Waals surface area contributed by atoms with Crippen molar-refractivity contribution in [2.24, 2.45) is 0 Å². The quantitative estimate of drug-likeness (QED) is 0.804.